The van der Waals surface area contributed by atoms with E-state index in [9.17, 15) is 4.21 Å². The molecule has 16 heavy (non-hydrogen) atoms. The zero-order valence-corrected chi connectivity index (χ0v) is 11.6. The van der Waals surface area contributed by atoms with E-state index in [1.807, 2.05) is 13.0 Å². The number of nitriles is 1. The number of nitrogens with one attached hydrogen (secondary N) is 1. The van der Waals surface area contributed by atoms with Gasteiger partial charge in [-0.3, -0.25) is 4.21 Å². The fourth-order valence-electron chi connectivity index (χ4n) is 1.14. The van der Waals surface area contributed by atoms with Crippen molar-refractivity contribution in [3.63, 3.8) is 0 Å². The molecule has 0 amide bonds. The Kier molecular flexibility index (Phi) is 4.97. The number of halogens is 1. The van der Waals surface area contributed by atoms with Gasteiger partial charge in [0.05, 0.1) is 11.6 Å². The van der Waals surface area contributed by atoms with E-state index in [1.54, 1.807) is 18.4 Å². The second-order valence-corrected chi connectivity index (χ2v) is 6.25. The number of nitrogens with zero attached hydrogens (tertiary/aromatic N) is 1. The highest BCUT2D eigenvalue weighted by atomic mass is 79.9. The first kappa shape index (κ1) is 13.2. The Labute approximate surface area is 106 Å². The average Bonchev–Trinajstić information content (AvgIpc) is 2.24. The Morgan fingerprint density at radius 2 is 2.25 bits per heavy atom. The van der Waals surface area contributed by atoms with Crippen LogP contribution in [0.3, 0.4) is 0 Å². The molecule has 0 aliphatic rings. The molecule has 0 fully saturated rings. The van der Waals surface area contributed by atoms with E-state index >= 15 is 0 Å². The molecule has 0 saturated heterocycles. The Bertz CT molecular complexity index is 442. The van der Waals surface area contributed by atoms with Gasteiger partial charge in [0.1, 0.15) is 0 Å². The van der Waals surface area contributed by atoms with Crippen LogP contribution in [-0.2, 0) is 10.8 Å². The summed E-state index contributed by atoms with van der Waals surface area (Å²) < 4.78 is 12.0. The van der Waals surface area contributed by atoms with Crippen molar-refractivity contribution in [3.8, 4) is 6.07 Å². The van der Waals surface area contributed by atoms with Crippen molar-refractivity contribution >= 4 is 32.4 Å². The average molecular weight is 301 g/mol. The minimum absolute atomic E-state index is 0.0875. The SMILES string of the molecule is CC(CNc1cc(Br)cc(C#N)c1)S(C)=O. The number of benzene rings is 1. The minimum atomic E-state index is -0.836. The predicted molar refractivity (Wildman–Crippen MR) is 70.9 cm³/mol. The van der Waals surface area contributed by atoms with Gasteiger partial charge >= 0.3 is 0 Å². The predicted octanol–water partition coefficient (Wildman–Crippen LogP) is 2.50. The molecular formula is C11H13BrN2OS. The first-order valence-corrected chi connectivity index (χ1v) is 7.21. The molecular weight excluding hydrogens is 288 g/mol. The van der Waals surface area contributed by atoms with Crippen molar-refractivity contribution in [1.82, 2.24) is 0 Å². The lowest BCUT2D eigenvalue weighted by Crippen LogP contribution is -2.20. The lowest BCUT2D eigenvalue weighted by molar-refractivity contribution is 0.679. The van der Waals surface area contributed by atoms with Crippen LogP contribution in [-0.4, -0.2) is 22.3 Å². The van der Waals surface area contributed by atoms with Crippen molar-refractivity contribution in [2.75, 3.05) is 18.1 Å². The van der Waals surface area contributed by atoms with Gasteiger partial charge in [0.2, 0.25) is 0 Å². The van der Waals surface area contributed by atoms with E-state index < -0.39 is 10.8 Å². The van der Waals surface area contributed by atoms with Gasteiger partial charge in [-0.1, -0.05) is 15.9 Å². The van der Waals surface area contributed by atoms with Gasteiger partial charge in [-0.05, 0) is 25.1 Å². The summed E-state index contributed by atoms with van der Waals surface area (Å²) in [5, 5.41) is 12.1. The molecule has 0 aliphatic heterocycles. The quantitative estimate of drug-likeness (QED) is 0.929. The van der Waals surface area contributed by atoms with Crippen LogP contribution in [0.5, 0.6) is 0 Å². The molecule has 0 aliphatic carbocycles. The van der Waals surface area contributed by atoms with Crippen LogP contribution in [0, 0.1) is 11.3 Å². The summed E-state index contributed by atoms with van der Waals surface area (Å²) in [6.45, 7) is 2.55. The molecule has 86 valence electrons. The lowest BCUT2D eigenvalue weighted by Gasteiger charge is -2.11. The molecule has 0 saturated carbocycles. The normalized spacial score (nSPS) is 13.9. The summed E-state index contributed by atoms with van der Waals surface area (Å²) in [6.07, 6.45) is 1.69. The van der Waals surface area contributed by atoms with Crippen LogP contribution in [0.1, 0.15) is 12.5 Å². The Hall–Kier alpha value is -0.860. The third-order valence-electron chi connectivity index (χ3n) is 2.19. The summed E-state index contributed by atoms with van der Waals surface area (Å²) in [5.41, 5.74) is 1.46. The van der Waals surface area contributed by atoms with Crippen molar-refractivity contribution in [1.29, 1.82) is 5.26 Å². The fourth-order valence-corrected chi connectivity index (χ4v) is 1.95. The highest BCUT2D eigenvalue weighted by Gasteiger charge is 2.06. The molecule has 1 aromatic carbocycles. The second-order valence-electron chi connectivity index (χ2n) is 3.53. The largest absolute Gasteiger partial charge is 0.384 e. The smallest absolute Gasteiger partial charge is 0.0992 e. The highest BCUT2D eigenvalue weighted by Crippen LogP contribution is 2.19. The summed E-state index contributed by atoms with van der Waals surface area (Å²) in [5.74, 6) is 0. The summed E-state index contributed by atoms with van der Waals surface area (Å²) in [6, 6.07) is 7.51. The van der Waals surface area contributed by atoms with E-state index in [4.69, 9.17) is 5.26 Å². The van der Waals surface area contributed by atoms with E-state index in [2.05, 4.69) is 27.3 Å². The molecule has 0 heterocycles. The fraction of sp³-hybridized carbons (Fsp3) is 0.364. The summed E-state index contributed by atoms with van der Waals surface area (Å²) in [7, 11) is -0.836. The Balaban J connectivity index is 2.71. The number of hydrogen-bond acceptors (Lipinski definition) is 3. The second kappa shape index (κ2) is 6.02. The zero-order chi connectivity index (χ0) is 12.1. The molecule has 1 aromatic rings. The van der Waals surface area contributed by atoms with E-state index in [0.717, 1.165) is 10.2 Å². The molecule has 0 spiro atoms. The molecule has 0 bridgehead atoms. The van der Waals surface area contributed by atoms with Gasteiger partial charge in [-0.15, -0.1) is 0 Å². The van der Waals surface area contributed by atoms with Crippen LogP contribution < -0.4 is 5.32 Å². The van der Waals surface area contributed by atoms with Crippen LogP contribution in [0.25, 0.3) is 0 Å². The van der Waals surface area contributed by atoms with Gasteiger partial charge in [0, 0.05) is 39.0 Å². The molecule has 2 atom stereocenters. The van der Waals surface area contributed by atoms with E-state index in [-0.39, 0.29) is 5.25 Å². The zero-order valence-electron chi connectivity index (χ0n) is 9.16. The van der Waals surface area contributed by atoms with Crippen molar-refractivity contribution in [3.05, 3.63) is 28.2 Å². The molecule has 5 heteroatoms. The molecule has 1 N–H and O–H groups in total. The van der Waals surface area contributed by atoms with Crippen molar-refractivity contribution in [2.45, 2.75) is 12.2 Å². The monoisotopic (exact) mass is 300 g/mol. The number of rotatable bonds is 4. The van der Waals surface area contributed by atoms with E-state index in [1.165, 1.54) is 0 Å². The first-order valence-electron chi connectivity index (χ1n) is 4.79. The Morgan fingerprint density at radius 3 is 2.81 bits per heavy atom. The van der Waals surface area contributed by atoms with Gasteiger partial charge < -0.3 is 5.32 Å². The highest BCUT2D eigenvalue weighted by molar-refractivity contribution is 9.10. The van der Waals surface area contributed by atoms with Crippen molar-refractivity contribution in [2.24, 2.45) is 0 Å². The van der Waals surface area contributed by atoms with Crippen LogP contribution in [0.4, 0.5) is 5.69 Å². The summed E-state index contributed by atoms with van der Waals surface area (Å²) >= 11 is 3.34. The molecule has 0 aromatic heterocycles. The molecule has 0 radical (unpaired) electrons. The van der Waals surface area contributed by atoms with Crippen LogP contribution in [0.2, 0.25) is 0 Å². The molecule has 2 unspecified atom stereocenters. The van der Waals surface area contributed by atoms with E-state index in [0.29, 0.717) is 12.1 Å². The minimum Gasteiger partial charge on any atom is -0.384 e. The van der Waals surface area contributed by atoms with Gasteiger partial charge in [-0.25, -0.2) is 0 Å². The first-order chi connectivity index (χ1) is 7.52. The topological polar surface area (TPSA) is 52.9 Å². The summed E-state index contributed by atoms with van der Waals surface area (Å²) in [4.78, 5) is 0. The number of anilines is 1. The maximum atomic E-state index is 11.2. The third-order valence-corrected chi connectivity index (χ3v) is 3.94. The lowest BCUT2D eigenvalue weighted by atomic mass is 10.2. The maximum absolute atomic E-state index is 11.2. The van der Waals surface area contributed by atoms with Gasteiger partial charge in [0.15, 0.2) is 0 Å². The third kappa shape index (κ3) is 3.95. The standard InChI is InChI=1S/C11H13BrN2OS/c1-8(16(2)15)7-14-11-4-9(6-13)3-10(12)5-11/h3-5,8,14H,7H2,1-2H3. The number of hydrogen-bond donors (Lipinski definition) is 1. The Morgan fingerprint density at radius 1 is 1.56 bits per heavy atom. The molecule has 1 rings (SSSR count). The molecule has 3 nitrogen and oxygen atoms in total. The van der Waals surface area contributed by atoms with Gasteiger partial charge in [-0.2, -0.15) is 5.26 Å². The van der Waals surface area contributed by atoms with Crippen LogP contribution >= 0.6 is 15.9 Å². The van der Waals surface area contributed by atoms with Crippen molar-refractivity contribution < 1.29 is 4.21 Å². The van der Waals surface area contributed by atoms with Crippen LogP contribution in [0.15, 0.2) is 22.7 Å². The van der Waals surface area contributed by atoms with Gasteiger partial charge in [0.25, 0.3) is 0 Å². The maximum Gasteiger partial charge on any atom is 0.0992 e.